The van der Waals surface area contributed by atoms with Gasteiger partial charge in [0.05, 0.1) is 41.2 Å². The van der Waals surface area contributed by atoms with Crippen molar-refractivity contribution in [2.45, 2.75) is 90.3 Å². The first-order chi connectivity index (χ1) is 25.3. The number of aryl methyl sites for hydroxylation is 2. The molecule has 2 aromatic carbocycles. The average Bonchev–Trinajstić information content (AvgIpc) is 3.50. The van der Waals surface area contributed by atoms with Crippen molar-refractivity contribution in [1.82, 2.24) is 31.2 Å². The zero-order valence-electron chi connectivity index (χ0n) is 30.9. The highest BCUT2D eigenvalue weighted by atomic mass is 35.5. The van der Waals surface area contributed by atoms with Crippen LogP contribution in [0.15, 0.2) is 30.3 Å². The van der Waals surface area contributed by atoms with Gasteiger partial charge in [0.2, 0.25) is 17.7 Å². The molecule has 3 aromatic rings. The van der Waals surface area contributed by atoms with Crippen molar-refractivity contribution in [2.75, 3.05) is 39.4 Å². The van der Waals surface area contributed by atoms with E-state index in [4.69, 9.17) is 28.6 Å². The topological polar surface area (TPSA) is 128 Å². The third-order valence-electron chi connectivity index (χ3n) is 10.6. The Labute approximate surface area is 320 Å². The summed E-state index contributed by atoms with van der Waals surface area (Å²) in [6, 6.07) is 5.94. The van der Waals surface area contributed by atoms with Crippen LogP contribution in [0, 0.1) is 24.5 Å². The van der Waals surface area contributed by atoms with Crippen LogP contribution in [0.1, 0.15) is 68.8 Å². The summed E-state index contributed by atoms with van der Waals surface area (Å²) in [6.45, 7) is 12.0. The Balaban J connectivity index is 1.41. The fraction of sp³-hybridized carbons (Fsp3) is 0.538. The van der Waals surface area contributed by atoms with Crippen molar-refractivity contribution < 1.29 is 27.9 Å². The third kappa shape index (κ3) is 9.72. The summed E-state index contributed by atoms with van der Waals surface area (Å²) < 4.78 is 34.9. The summed E-state index contributed by atoms with van der Waals surface area (Å²) in [7, 11) is 0. The maximum atomic E-state index is 14.8. The van der Waals surface area contributed by atoms with E-state index in [2.05, 4.69) is 31.2 Å². The van der Waals surface area contributed by atoms with Crippen LogP contribution in [-0.2, 0) is 38.4 Å². The van der Waals surface area contributed by atoms with Crippen LogP contribution in [0.25, 0.3) is 10.9 Å². The average molecular weight is 773 g/mol. The van der Waals surface area contributed by atoms with Crippen molar-refractivity contribution in [2.24, 2.45) is 5.92 Å². The molecule has 5 rings (SSSR count). The van der Waals surface area contributed by atoms with E-state index in [-0.39, 0.29) is 42.2 Å². The molecule has 53 heavy (non-hydrogen) atoms. The molecule has 2 heterocycles. The smallest absolute Gasteiger partial charge is 0.246 e. The number of hydrogen-bond acceptors (Lipinski definition) is 6. The molecule has 1 aliphatic heterocycles. The van der Waals surface area contributed by atoms with Gasteiger partial charge in [0.15, 0.2) is 0 Å². The van der Waals surface area contributed by atoms with Crippen LogP contribution in [-0.4, -0.2) is 89.6 Å². The number of thiocarbonyl (C=S) groups is 1. The largest absolute Gasteiger partial charge is 0.379 e. The van der Waals surface area contributed by atoms with E-state index in [0.717, 1.165) is 31.7 Å². The number of morpholine rings is 1. The molecule has 4 atom stereocenters. The first-order valence-electron chi connectivity index (χ1n) is 18.6. The monoisotopic (exact) mass is 772 g/mol. The third-order valence-corrected chi connectivity index (χ3v) is 11.3. The van der Waals surface area contributed by atoms with Gasteiger partial charge in [-0.2, -0.15) is 0 Å². The van der Waals surface area contributed by atoms with E-state index in [0.29, 0.717) is 59.6 Å². The molecule has 14 heteroatoms. The fourth-order valence-corrected chi connectivity index (χ4v) is 7.87. The first kappa shape index (κ1) is 40.5. The van der Waals surface area contributed by atoms with E-state index in [9.17, 15) is 23.2 Å². The van der Waals surface area contributed by atoms with Crippen LogP contribution in [0.5, 0.6) is 0 Å². The molecule has 3 amide bonds. The molecule has 0 saturated carbocycles. The van der Waals surface area contributed by atoms with Crippen LogP contribution < -0.4 is 21.3 Å². The van der Waals surface area contributed by atoms with Gasteiger partial charge in [-0.05, 0) is 60.9 Å². The Morgan fingerprint density at radius 3 is 2.60 bits per heavy atom. The van der Waals surface area contributed by atoms with Gasteiger partial charge in [-0.25, -0.2) is 8.78 Å². The highest BCUT2D eigenvalue weighted by molar-refractivity contribution is 7.80. The van der Waals surface area contributed by atoms with E-state index < -0.39 is 47.0 Å². The Bertz CT molecular complexity index is 1820. The fourth-order valence-electron chi connectivity index (χ4n) is 7.23. The molecule has 0 bridgehead atoms. The van der Waals surface area contributed by atoms with E-state index in [1.54, 1.807) is 25.1 Å². The lowest BCUT2D eigenvalue weighted by molar-refractivity contribution is -0.136. The zero-order chi connectivity index (χ0) is 38.3. The number of rotatable bonds is 15. The molecule has 5 N–H and O–H groups in total. The summed E-state index contributed by atoms with van der Waals surface area (Å²) in [6.07, 6.45) is 1.96. The number of aromatic amines is 1. The SMILES string of the molecule is CCC[C@H](NC(=O)Cc1cccc(C)c1F)C(=O)N[C@]1(C(=O)N[C@H](C(=S)NCCN2CCOCC2)C(C)CC)CCc2[nH]c3c(Cl)cc(F)cc3c2C1. The number of fused-ring (bicyclic) bond motifs is 3. The van der Waals surface area contributed by atoms with Crippen LogP contribution >= 0.6 is 23.8 Å². The van der Waals surface area contributed by atoms with Crippen molar-refractivity contribution in [3.8, 4) is 0 Å². The number of amides is 3. The Kier molecular flexibility index (Phi) is 13.9. The summed E-state index contributed by atoms with van der Waals surface area (Å²) in [5.74, 6) is -2.51. The normalized spacial score (nSPS) is 19.2. The van der Waals surface area contributed by atoms with Gasteiger partial charge in [0.25, 0.3) is 0 Å². The number of ether oxygens (including phenoxy) is 1. The molecule has 0 spiro atoms. The molecule has 288 valence electrons. The quantitative estimate of drug-likeness (QED) is 0.137. The second-order valence-corrected chi connectivity index (χ2v) is 15.2. The van der Waals surface area contributed by atoms with Crippen molar-refractivity contribution >= 4 is 57.4 Å². The number of halogens is 3. The lowest BCUT2D eigenvalue weighted by atomic mass is 9.78. The van der Waals surface area contributed by atoms with Crippen molar-refractivity contribution in [3.05, 3.63) is 69.4 Å². The van der Waals surface area contributed by atoms with Gasteiger partial charge in [-0.1, -0.05) is 75.6 Å². The maximum absolute atomic E-state index is 14.8. The van der Waals surface area contributed by atoms with Gasteiger partial charge in [0.1, 0.15) is 23.2 Å². The highest BCUT2D eigenvalue weighted by Gasteiger charge is 2.46. The standard InChI is InChI=1S/C39H51ClF2N6O4S/c1-5-8-31(44-32(49)19-25-10-7-9-24(4)33(25)42)36(50)47-39(12-11-30-28(22-39)27-20-26(41)21-29(40)35(27)45-30)38(51)46-34(23(3)6-2)37(53)43-13-14-48-15-17-52-18-16-48/h7,9-10,20-21,23,31,34,45H,5-6,8,11-19,22H2,1-4H3,(H,43,53)(H,44,49)(H,46,51)(H,47,50)/t23?,31-,34-,39+/m0/s1. The number of H-pyrrole nitrogens is 1. The van der Waals surface area contributed by atoms with Gasteiger partial charge >= 0.3 is 0 Å². The van der Waals surface area contributed by atoms with Crippen LogP contribution in [0.4, 0.5) is 8.78 Å². The number of hydrogen-bond donors (Lipinski definition) is 5. The Morgan fingerprint density at radius 1 is 1.13 bits per heavy atom. The lowest BCUT2D eigenvalue weighted by Gasteiger charge is -2.39. The van der Waals surface area contributed by atoms with E-state index in [1.165, 1.54) is 12.1 Å². The summed E-state index contributed by atoms with van der Waals surface area (Å²) >= 11 is 12.3. The number of carbonyl (C=O) groups excluding carboxylic acids is 3. The number of nitrogens with one attached hydrogen (secondary N) is 5. The minimum absolute atomic E-state index is 0.0376. The second-order valence-electron chi connectivity index (χ2n) is 14.4. The van der Waals surface area contributed by atoms with Gasteiger partial charge in [-0.15, -0.1) is 0 Å². The predicted molar refractivity (Wildman–Crippen MR) is 207 cm³/mol. The van der Waals surface area contributed by atoms with Gasteiger partial charge < -0.3 is 31.0 Å². The molecule has 1 unspecified atom stereocenters. The van der Waals surface area contributed by atoms with E-state index in [1.807, 2.05) is 20.8 Å². The number of nitrogens with zero attached hydrogens (tertiary/aromatic N) is 1. The molecular formula is C39H51ClF2N6O4S. The maximum Gasteiger partial charge on any atom is 0.246 e. The van der Waals surface area contributed by atoms with Crippen LogP contribution in [0.3, 0.4) is 0 Å². The summed E-state index contributed by atoms with van der Waals surface area (Å²) in [5.41, 5.74) is 1.21. The minimum atomic E-state index is -1.48. The lowest BCUT2D eigenvalue weighted by Crippen LogP contribution is -2.66. The number of aromatic nitrogens is 1. The van der Waals surface area contributed by atoms with Crippen LogP contribution in [0.2, 0.25) is 5.02 Å². The molecular weight excluding hydrogens is 722 g/mol. The number of carbonyl (C=O) groups is 3. The van der Waals surface area contributed by atoms with Crippen molar-refractivity contribution in [1.29, 1.82) is 0 Å². The van der Waals surface area contributed by atoms with Gasteiger partial charge in [-0.3, -0.25) is 19.3 Å². The molecule has 1 saturated heterocycles. The minimum Gasteiger partial charge on any atom is -0.379 e. The molecule has 1 aromatic heterocycles. The molecule has 10 nitrogen and oxygen atoms in total. The summed E-state index contributed by atoms with van der Waals surface area (Å²) in [4.78, 5) is 48.3. The van der Waals surface area contributed by atoms with Crippen molar-refractivity contribution in [3.63, 3.8) is 0 Å². The highest BCUT2D eigenvalue weighted by Crippen LogP contribution is 2.37. The molecule has 0 radical (unpaired) electrons. The van der Waals surface area contributed by atoms with E-state index >= 15 is 0 Å². The second kappa shape index (κ2) is 18.1. The molecule has 2 aliphatic rings. The first-order valence-corrected chi connectivity index (χ1v) is 19.4. The van der Waals surface area contributed by atoms with Gasteiger partial charge in [0, 0.05) is 43.7 Å². The zero-order valence-corrected chi connectivity index (χ0v) is 32.5. The molecule has 1 fully saturated rings. The number of benzene rings is 2. The molecule has 1 aliphatic carbocycles. The summed E-state index contributed by atoms with van der Waals surface area (Å²) in [5, 5.41) is 13.1. The Hall–Kier alpha value is -3.65. The predicted octanol–water partition coefficient (Wildman–Crippen LogP) is 5.06. The Morgan fingerprint density at radius 2 is 1.89 bits per heavy atom.